The Morgan fingerprint density at radius 2 is 1.92 bits per heavy atom. The minimum absolute atomic E-state index is 0.0494. The number of amides is 1. The summed E-state index contributed by atoms with van der Waals surface area (Å²) in [6, 6.07) is 14.4. The maximum absolute atomic E-state index is 15.2. The third-order valence-electron chi connectivity index (χ3n) is 6.34. The number of carbonyl (C=O) groups excluding carboxylic acids is 1. The summed E-state index contributed by atoms with van der Waals surface area (Å²) in [4.78, 5) is 30.1. The molecule has 0 bridgehead atoms. The number of nitrogens with one attached hydrogen (secondary N) is 2. The van der Waals surface area contributed by atoms with Crippen LogP contribution in [0.15, 0.2) is 59.7 Å². The summed E-state index contributed by atoms with van der Waals surface area (Å²) in [6.45, 7) is 5.49. The number of halogens is 1. The molecule has 5 rings (SSSR count). The predicted molar refractivity (Wildman–Crippen MR) is 143 cm³/mol. The smallest absolute Gasteiger partial charge is 0.329 e. The van der Waals surface area contributed by atoms with Crippen molar-refractivity contribution in [3.05, 3.63) is 93.7 Å². The Balaban J connectivity index is 1.51. The number of aryl methyl sites for hydroxylation is 4. The predicted octanol–water partition coefficient (Wildman–Crippen LogP) is 4.41. The lowest BCUT2D eigenvalue weighted by molar-refractivity contribution is -0.116. The number of hydrogen-bond acceptors (Lipinski definition) is 5. The highest BCUT2D eigenvalue weighted by Crippen LogP contribution is 2.34. The second-order valence-corrected chi connectivity index (χ2v) is 9.35. The molecule has 38 heavy (non-hydrogen) atoms. The molecule has 2 N–H and O–H groups in total. The van der Waals surface area contributed by atoms with Crippen LogP contribution in [0.3, 0.4) is 0 Å². The van der Waals surface area contributed by atoms with E-state index in [9.17, 15) is 9.59 Å². The molecule has 10 heteroatoms. The number of fused-ring (bicyclic) bond motifs is 1. The fraction of sp³-hybridized carbons (Fsp3) is 0.214. The number of H-pyrrole nitrogens is 1. The Hall–Kier alpha value is -4.73. The highest BCUT2D eigenvalue weighted by atomic mass is 19.1. The van der Waals surface area contributed by atoms with Crippen LogP contribution in [-0.2, 0) is 25.0 Å². The summed E-state index contributed by atoms with van der Waals surface area (Å²) in [5.41, 5.74) is 5.29. The Labute approximate surface area is 217 Å². The lowest BCUT2D eigenvalue weighted by atomic mass is 9.99. The summed E-state index contributed by atoms with van der Waals surface area (Å²) < 4.78 is 23.8. The van der Waals surface area contributed by atoms with Gasteiger partial charge in [0.1, 0.15) is 19.5 Å². The van der Waals surface area contributed by atoms with E-state index in [4.69, 9.17) is 4.74 Å². The molecule has 0 aliphatic carbocycles. The maximum atomic E-state index is 15.2. The molecule has 0 aliphatic rings. The SMILES string of the molecule is Cc1cccc(NC(=O)Cn2c(=O)n(C)c3c(-c4cc(C)c(OCc5ncn[nH]5)c(F)c4)cc(C)cc32)c1. The van der Waals surface area contributed by atoms with Crippen LogP contribution in [0.5, 0.6) is 5.75 Å². The van der Waals surface area contributed by atoms with Crippen molar-refractivity contribution in [3.63, 3.8) is 0 Å². The zero-order valence-electron chi connectivity index (χ0n) is 21.5. The largest absolute Gasteiger partial charge is 0.482 e. The number of benzene rings is 3. The minimum atomic E-state index is -0.531. The van der Waals surface area contributed by atoms with Crippen LogP contribution in [-0.4, -0.2) is 30.2 Å². The molecular weight excluding hydrogens is 487 g/mol. The van der Waals surface area contributed by atoms with Gasteiger partial charge in [0.2, 0.25) is 5.91 Å². The Morgan fingerprint density at radius 3 is 2.63 bits per heavy atom. The van der Waals surface area contributed by atoms with Crippen molar-refractivity contribution in [1.29, 1.82) is 0 Å². The fourth-order valence-corrected chi connectivity index (χ4v) is 4.65. The summed E-state index contributed by atoms with van der Waals surface area (Å²) in [5, 5.41) is 9.30. The van der Waals surface area contributed by atoms with Crippen LogP contribution < -0.4 is 15.7 Å². The molecule has 0 saturated carbocycles. The lowest BCUT2D eigenvalue weighted by Crippen LogP contribution is -2.28. The van der Waals surface area contributed by atoms with Crippen LogP contribution >= 0.6 is 0 Å². The number of ether oxygens (including phenoxy) is 1. The molecule has 0 saturated heterocycles. The van der Waals surface area contributed by atoms with Gasteiger partial charge < -0.3 is 10.1 Å². The Kier molecular flexibility index (Phi) is 6.54. The summed E-state index contributed by atoms with van der Waals surface area (Å²) in [5.74, 6) is -0.246. The second kappa shape index (κ2) is 9.97. The quantitative estimate of drug-likeness (QED) is 0.335. The van der Waals surface area contributed by atoms with Gasteiger partial charge in [0, 0.05) is 18.3 Å². The monoisotopic (exact) mass is 514 g/mol. The van der Waals surface area contributed by atoms with Crippen molar-refractivity contribution in [2.75, 3.05) is 5.32 Å². The van der Waals surface area contributed by atoms with Gasteiger partial charge in [0.25, 0.3) is 0 Å². The number of anilines is 1. The van der Waals surface area contributed by atoms with Crippen molar-refractivity contribution in [3.8, 4) is 16.9 Å². The van der Waals surface area contributed by atoms with Crippen LogP contribution in [0.1, 0.15) is 22.5 Å². The van der Waals surface area contributed by atoms with Crippen molar-refractivity contribution in [1.82, 2.24) is 24.3 Å². The van der Waals surface area contributed by atoms with E-state index >= 15 is 4.39 Å². The number of aromatic nitrogens is 5. The molecule has 2 aromatic heterocycles. The van der Waals surface area contributed by atoms with Crippen molar-refractivity contribution >= 4 is 22.6 Å². The van der Waals surface area contributed by atoms with E-state index in [1.807, 2.05) is 50.2 Å². The molecule has 0 aliphatic heterocycles. The number of rotatable bonds is 7. The first-order valence-corrected chi connectivity index (χ1v) is 12.0. The van der Waals surface area contributed by atoms with Gasteiger partial charge in [-0.15, -0.1) is 0 Å². The molecular formula is C28H27FN6O3. The van der Waals surface area contributed by atoms with Crippen LogP contribution in [0.25, 0.3) is 22.2 Å². The van der Waals surface area contributed by atoms with Gasteiger partial charge in [-0.05, 0) is 79.4 Å². The van der Waals surface area contributed by atoms with Gasteiger partial charge >= 0.3 is 5.69 Å². The number of hydrogen-bond donors (Lipinski definition) is 2. The summed E-state index contributed by atoms with van der Waals surface area (Å²) in [6.07, 6.45) is 1.36. The third kappa shape index (κ3) is 4.80. The van der Waals surface area contributed by atoms with Crippen molar-refractivity contribution in [2.45, 2.75) is 33.9 Å². The number of imidazole rings is 1. The van der Waals surface area contributed by atoms with Crippen molar-refractivity contribution < 1.29 is 13.9 Å². The average molecular weight is 515 g/mol. The van der Waals surface area contributed by atoms with Crippen LogP contribution in [0, 0.1) is 26.6 Å². The molecule has 2 heterocycles. The first kappa shape index (κ1) is 24.9. The molecule has 5 aromatic rings. The van der Waals surface area contributed by atoms with E-state index in [1.54, 1.807) is 20.0 Å². The molecule has 3 aromatic carbocycles. The molecule has 0 spiro atoms. The highest BCUT2D eigenvalue weighted by Gasteiger charge is 2.20. The van der Waals surface area contributed by atoms with E-state index in [0.29, 0.717) is 39.2 Å². The van der Waals surface area contributed by atoms with E-state index in [0.717, 1.165) is 11.1 Å². The van der Waals surface area contributed by atoms with Crippen LogP contribution in [0.4, 0.5) is 10.1 Å². The zero-order chi connectivity index (χ0) is 27.0. The molecule has 194 valence electrons. The van der Waals surface area contributed by atoms with E-state index in [-0.39, 0.29) is 30.5 Å². The molecule has 0 fully saturated rings. The third-order valence-corrected chi connectivity index (χ3v) is 6.34. The standard InChI is InChI=1S/C28H27FN6O3/c1-16-6-5-7-20(8-16)32-25(36)13-35-23-10-17(2)9-21(26(23)34(4)28(35)37)19-11-18(3)27(22(29)12-19)38-14-24-30-15-31-33-24/h5-12,15H,13-14H2,1-4H3,(H,32,36)(H,30,31,33). The summed E-state index contributed by atoms with van der Waals surface area (Å²) >= 11 is 0. The molecule has 0 radical (unpaired) electrons. The second-order valence-electron chi connectivity index (χ2n) is 9.35. The van der Waals surface area contributed by atoms with E-state index < -0.39 is 5.82 Å². The van der Waals surface area contributed by atoms with E-state index in [2.05, 4.69) is 20.5 Å². The molecule has 1 amide bonds. The first-order chi connectivity index (χ1) is 18.2. The van der Waals surface area contributed by atoms with Gasteiger partial charge in [0.05, 0.1) is 11.0 Å². The Morgan fingerprint density at radius 1 is 1.11 bits per heavy atom. The van der Waals surface area contributed by atoms with Gasteiger partial charge in [-0.3, -0.25) is 19.0 Å². The summed E-state index contributed by atoms with van der Waals surface area (Å²) in [7, 11) is 1.65. The van der Waals surface area contributed by atoms with Gasteiger partial charge in [0.15, 0.2) is 17.4 Å². The van der Waals surface area contributed by atoms with E-state index in [1.165, 1.54) is 21.5 Å². The number of aromatic amines is 1. The number of carbonyl (C=O) groups is 1. The van der Waals surface area contributed by atoms with Gasteiger partial charge in [-0.1, -0.05) is 12.1 Å². The average Bonchev–Trinajstić information content (AvgIpc) is 3.46. The normalized spacial score (nSPS) is 11.2. The highest BCUT2D eigenvalue weighted by molar-refractivity contribution is 5.96. The first-order valence-electron chi connectivity index (χ1n) is 12.0. The van der Waals surface area contributed by atoms with Gasteiger partial charge in [-0.25, -0.2) is 14.2 Å². The maximum Gasteiger partial charge on any atom is 0.329 e. The van der Waals surface area contributed by atoms with Crippen LogP contribution in [0.2, 0.25) is 0 Å². The molecule has 0 atom stereocenters. The zero-order valence-corrected chi connectivity index (χ0v) is 21.5. The minimum Gasteiger partial charge on any atom is -0.482 e. The Bertz CT molecular complexity index is 1700. The topological polar surface area (TPSA) is 107 Å². The molecule has 0 unspecified atom stereocenters. The van der Waals surface area contributed by atoms with Gasteiger partial charge in [-0.2, -0.15) is 5.10 Å². The van der Waals surface area contributed by atoms with Crippen molar-refractivity contribution in [2.24, 2.45) is 7.05 Å². The fourth-order valence-electron chi connectivity index (χ4n) is 4.65. The lowest BCUT2D eigenvalue weighted by Gasteiger charge is -2.13. The number of nitrogens with zero attached hydrogens (tertiary/aromatic N) is 4. The molecule has 9 nitrogen and oxygen atoms in total.